The Morgan fingerprint density at radius 1 is 1.33 bits per heavy atom. The van der Waals surface area contributed by atoms with Gasteiger partial charge in [0.05, 0.1) is 0 Å². The number of ether oxygens (including phenoxy) is 1. The van der Waals surface area contributed by atoms with E-state index in [9.17, 15) is 13.2 Å². The Morgan fingerprint density at radius 2 is 2.00 bits per heavy atom. The second kappa shape index (κ2) is 3.05. The summed E-state index contributed by atoms with van der Waals surface area (Å²) in [6.07, 6.45) is -4.62. The molecule has 0 aliphatic carbocycles. The molecule has 0 saturated heterocycles. The van der Waals surface area contributed by atoms with E-state index in [1.165, 1.54) is 12.1 Å². The minimum absolute atomic E-state index is 0.242. The Balaban J connectivity index is 2.71. The monoisotopic (exact) mass is 175 g/mol. The van der Waals surface area contributed by atoms with Crippen molar-refractivity contribution in [3.8, 4) is 5.75 Å². The Bertz CT molecular complexity index is 250. The van der Waals surface area contributed by atoms with Gasteiger partial charge in [0.15, 0.2) is 0 Å². The van der Waals surface area contributed by atoms with Gasteiger partial charge < -0.3 is 4.74 Å². The van der Waals surface area contributed by atoms with Crippen LogP contribution in [0.3, 0.4) is 0 Å². The van der Waals surface area contributed by atoms with Crippen LogP contribution in [0.1, 0.15) is 5.56 Å². The van der Waals surface area contributed by atoms with Crippen LogP contribution in [0.4, 0.5) is 13.2 Å². The fraction of sp³-hybridized carbons (Fsp3) is 0.250. The van der Waals surface area contributed by atoms with Crippen molar-refractivity contribution in [2.45, 2.75) is 13.3 Å². The third-order valence-corrected chi connectivity index (χ3v) is 1.17. The largest absolute Gasteiger partial charge is 0.573 e. The van der Waals surface area contributed by atoms with Crippen molar-refractivity contribution in [2.24, 2.45) is 0 Å². The van der Waals surface area contributed by atoms with Crippen LogP contribution in [0.5, 0.6) is 5.75 Å². The van der Waals surface area contributed by atoms with Gasteiger partial charge in [0.1, 0.15) is 5.75 Å². The molecule has 1 rings (SSSR count). The van der Waals surface area contributed by atoms with Crippen molar-refractivity contribution in [1.82, 2.24) is 0 Å². The van der Waals surface area contributed by atoms with Crippen molar-refractivity contribution in [1.29, 1.82) is 0 Å². The molecule has 4 heteroatoms. The number of halogens is 3. The quantitative estimate of drug-likeness (QED) is 0.637. The maximum absolute atomic E-state index is 11.6. The van der Waals surface area contributed by atoms with E-state index in [2.05, 4.69) is 10.8 Å². The fourth-order valence-electron chi connectivity index (χ4n) is 0.685. The van der Waals surface area contributed by atoms with Gasteiger partial charge in [-0.3, -0.25) is 0 Å². The summed E-state index contributed by atoms with van der Waals surface area (Å²) in [5.41, 5.74) is 0.768. The third kappa shape index (κ3) is 2.82. The van der Waals surface area contributed by atoms with E-state index in [0.717, 1.165) is 11.6 Å². The Hall–Kier alpha value is -1.19. The molecule has 0 saturated carbocycles. The van der Waals surface area contributed by atoms with E-state index in [-0.39, 0.29) is 5.75 Å². The van der Waals surface area contributed by atoms with Crippen LogP contribution < -0.4 is 4.74 Å². The molecule has 0 aliphatic heterocycles. The molecular weight excluding hydrogens is 169 g/mol. The van der Waals surface area contributed by atoms with Gasteiger partial charge in [-0.15, -0.1) is 13.2 Å². The maximum Gasteiger partial charge on any atom is 0.573 e. The highest BCUT2D eigenvalue weighted by Gasteiger charge is 2.30. The topological polar surface area (TPSA) is 9.23 Å². The summed E-state index contributed by atoms with van der Waals surface area (Å²) in [7, 11) is 0. The SMILES string of the molecule is Cc1[c]cc(OC(F)(F)F)cc1. The summed E-state index contributed by atoms with van der Waals surface area (Å²) in [6.45, 7) is 1.73. The van der Waals surface area contributed by atoms with Gasteiger partial charge in [-0.05, 0) is 30.7 Å². The first-order valence-corrected chi connectivity index (χ1v) is 3.21. The Labute approximate surface area is 67.8 Å². The van der Waals surface area contributed by atoms with E-state index in [1.807, 2.05) is 0 Å². The molecule has 65 valence electrons. The zero-order valence-electron chi connectivity index (χ0n) is 6.27. The van der Waals surface area contributed by atoms with Crippen LogP contribution in [-0.4, -0.2) is 6.36 Å². The summed E-state index contributed by atoms with van der Waals surface area (Å²) < 4.78 is 38.4. The van der Waals surface area contributed by atoms with Gasteiger partial charge in [-0.1, -0.05) is 6.07 Å². The number of alkyl halides is 3. The number of benzene rings is 1. The highest BCUT2D eigenvalue weighted by atomic mass is 19.4. The standard InChI is InChI=1S/C8H6F3O/c1-6-2-4-7(5-3-6)12-8(9,10)11/h2,4-5H,1H3. The molecule has 1 aromatic rings. The summed E-state index contributed by atoms with van der Waals surface area (Å²) in [5, 5.41) is 0. The molecule has 0 N–H and O–H groups in total. The van der Waals surface area contributed by atoms with Gasteiger partial charge in [0, 0.05) is 0 Å². The molecule has 0 aliphatic rings. The van der Waals surface area contributed by atoms with Crippen molar-refractivity contribution in [2.75, 3.05) is 0 Å². The lowest BCUT2D eigenvalue weighted by Crippen LogP contribution is -2.16. The van der Waals surface area contributed by atoms with E-state index in [4.69, 9.17) is 0 Å². The molecule has 0 amide bonds. The number of aryl methyl sites for hydroxylation is 1. The van der Waals surface area contributed by atoms with E-state index >= 15 is 0 Å². The highest BCUT2D eigenvalue weighted by molar-refractivity contribution is 5.25. The summed E-state index contributed by atoms with van der Waals surface area (Å²) >= 11 is 0. The normalized spacial score (nSPS) is 11.3. The van der Waals surface area contributed by atoms with Crippen molar-refractivity contribution >= 4 is 0 Å². The van der Waals surface area contributed by atoms with E-state index < -0.39 is 6.36 Å². The molecule has 0 atom stereocenters. The molecule has 0 spiro atoms. The summed E-state index contributed by atoms with van der Waals surface area (Å²) in [6, 6.07) is 6.50. The van der Waals surface area contributed by atoms with Crippen molar-refractivity contribution in [3.05, 3.63) is 29.8 Å². The van der Waals surface area contributed by atoms with Gasteiger partial charge >= 0.3 is 6.36 Å². The molecule has 1 aromatic carbocycles. The molecule has 1 nitrogen and oxygen atoms in total. The van der Waals surface area contributed by atoms with Crippen LogP contribution >= 0.6 is 0 Å². The Kier molecular flexibility index (Phi) is 2.26. The smallest absolute Gasteiger partial charge is 0.406 e. The molecule has 0 fully saturated rings. The molecule has 1 radical (unpaired) electrons. The van der Waals surface area contributed by atoms with Crippen LogP contribution in [0.2, 0.25) is 0 Å². The third-order valence-electron chi connectivity index (χ3n) is 1.17. The van der Waals surface area contributed by atoms with Crippen LogP contribution in [-0.2, 0) is 0 Å². The maximum atomic E-state index is 11.6. The fourth-order valence-corrected chi connectivity index (χ4v) is 0.685. The minimum atomic E-state index is -4.62. The average Bonchev–Trinajstić information content (AvgIpc) is 1.91. The zero-order valence-corrected chi connectivity index (χ0v) is 6.27. The number of hydrogen-bond donors (Lipinski definition) is 0. The van der Waals surface area contributed by atoms with Crippen LogP contribution in [0.25, 0.3) is 0 Å². The van der Waals surface area contributed by atoms with E-state index in [0.29, 0.717) is 0 Å². The summed E-state index contributed by atoms with van der Waals surface area (Å²) in [4.78, 5) is 0. The van der Waals surface area contributed by atoms with Crippen LogP contribution in [0.15, 0.2) is 18.2 Å². The van der Waals surface area contributed by atoms with Gasteiger partial charge in [-0.25, -0.2) is 0 Å². The molecule has 0 bridgehead atoms. The average molecular weight is 175 g/mol. The van der Waals surface area contributed by atoms with Gasteiger partial charge in [0.2, 0.25) is 0 Å². The predicted molar refractivity (Wildman–Crippen MR) is 36.7 cm³/mol. The second-order valence-corrected chi connectivity index (χ2v) is 2.26. The lowest BCUT2D eigenvalue weighted by atomic mass is 10.2. The lowest BCUT2D eigenvalue weighted by Gasteiger charge is -2.07. The second-order valence-electron chi connectivity index (χ2n) is 2.26. The van der Waals surface area contributed by atoms with E-state index in [1.54, 1.807) is 6.92 Å². The predicted octanol–water partition coefficient (Wildman–Crippen LogP) is 2.69. The molecular formula is C8H6F3O. The molecule has 0 aromatic heterocycles. The lowest BCUT2D eigenvalue weighted by molar-refractivity contribution is -0.274. The van der Waals surface area contributed by atoms with Gasteiger partial charge in [0.25, 0.3) is 0 Å². The van der Waals surface area contributed by atoms with Gasteiger partial charge in [-0.2, -0.15) is 0 Å². The molecule has 0 unspecified atom stereocenters. The zero-order chi connectivity index (χ0) is 9.19. The first-order valence-electron chi connectivity index (χ1n) is 3.21. The molecule has 12 heavy (non-hydrogen) atoms. The number of hydrogen-bond acceptors (Lipinski definition) is 1. The van der Waals surface area contributed by atoms with Crippen molar-refractivity contribution in [3.63, 3.8) is 0 Å². The highest BCUT2D eigenvalue weighted by Crippen LogP contribution is 2.22. The van der Waals surface area contributed by atoms with Crippen molar-refractivity contribution < 1.29 is 17.9 Å². The number of rotatable bonds is 1. The van der Waals surface area contributed by atoms with Crippen LogP contribution in [0, 0.1) is 13.0 Å². The Morgan fingerprint density at radius 3 is 2.42 bits per heavy atom. The first kappa shape index (κ1) is 8.90. The first-order chi connectivity index (χ1) is 5.47. The minimum Gasteiger partial charge on any atom is -0.406 e. The summed E-state index contributed by atoms with van der Waals surface area (Å²) in [5.74, 6) is -0.242. The molecule has 0 heterocycles.